The van der Waals surface area contributed by atoms with E-state index in [1.54, 1.807) is 0 Å². The standard InChI is InChI=1S/C10H20N2O3/c1-2-7(3-4-13)12-10(15)9-5-8(14)6-11-9/h7-9,11,13-14H,2-6H2,1H3,(H,12,15). The first-order chi connectivity index (χ1) is 7.17. The Bertz CT molecular complexity index is 211. The molecule has 5 heteroatoms. The SMILES string of the molecule is CCC(CCO)NC(=O)C1CC(O)CN1. The smallest absolute Gasteiger partial charge is 0.237 e. The van der Waals surface area contributed by atoms with Crippen molar-refractivity contribution in [2.75, 3.05) is 13.2 Å². The zero-order chi connectivity index (χ0) is 11.3. The van der Waals surface area contributed by atoms with Gasteiger partial charge < -0.3 is 20.8 Å². The van der Waals surface area contributed by atoms with Gasteiger partial charge in [0.05, 0.1) is 12.1 Å². The Balaban J connectivity index is 2.33. The van der Waals surface area contributed by atoms with Gasteiger partial charge in [-0.05, 0) is 19.3 Å². The molecule has 5 nitrogen and oxygen atoms in total. The third-order valence-corrected chi connectivity index (χ3v) is 2.74. The van der Waals surface area contributed by atoms with Gasteiger partial charge in [-0.3, -0.25) is 4.79 Å². The summed E-state index contributed by atoms with van der Waals surface area (Å²) in [5.74, 6) is -0.0770. The van der Waals surface area contributed by atoms with Crippen LogP contribution in [0.5, 0.6) is 0 Å². The molecule has 0 saturated carbocycles. The summed E-state index contributed by atoms with van der Waals surface area (Å²) in [5.41, 5.74) is 0. The summed E-state index contributed by atoms with van der Waals surface area (Å²) in [4.78, 5) is 11.7. The summed E-state index contributed by atoms with van der Waals surface area (Å²) < 4.78 is 0. The van der Waals surface area contributed by atoms with Gasteiger partial charge in [-0.2, -0.15) is 0 Å². The van der Waals surface area contributed by atoms with Crippen molar-refractivity contribution in [3.05, 3.63) is 0 Å². The quantitative estimate of drug-likeness (QED) is 0.474. The van der Waals surface area contributed by atoms with E-state index < -0.39 is 6.10 Å². The number of rotatable bonds is 5. The number of aliphatic hydroxyl groups excluding tert-OH is 2. The number of carbonyl (C=O) groups excluding carboxylic acids is 1. The Morgan fingerprint density at radius 1 is 1.67 bits per heavy atom. The highest BCUT2D eigenvalue weighted by Crippen LogP contribution is 2.07. The number of hydrogen-bond donors (Lipinski definition) is 4. The van der Waals surface area contributed by atoms with Gasteiger partial charge in [0, 0.05) is 19.2 Å². The molecule has 1 heterocycles. The van der Waals surface area contributed by atoms with Crippen LogP contribution in [-0.4, -0.2) is 47.5 Å². The van der Waals surface area contributed by atoms with Crippen LogP contribution < -0.4 is 10.6 Å². The summed E-state index contributed by atoms with van der Waals surface area (Å²) >= 11 is 0. The minimum absolute atomic E-state index is 0.0297. The molecule has 1 aliphatic heterocycles. The zero-order valence-electron chi connectivity index (χ0n) is 9.07. The molecule has 4 N–H and O–H groups in total. The molecule has 0 bridgehead atoms. The van der Waals surface area contributed by atoms with E-state index in [2.05, 4.69) is 10.6 Å². The highest BCUT2D eigenvalue weighted by atomic mass is 16.3. The first kappa shape index (κ1) is 12.4. The second-order valence-electron chi connectivity index (χ2n) is 3.98. The molecule has 15 heavy (non-hydrogen) atoms. The lowest BCUT2D eigenvalue weighted by Gasteiger charge is -2.18. The van der Waals surface area contributed by atoms with Crippen molar-refractivity contribution in [3.8, 4) is 0 Å². The number of hydrogen-bond acceptors (Lipinski definition) is 4. The van der Waals surface area contributed by atoms with E-state index in [4.69, 9.17) is 5.11 Å². The lowest BCUT2D eigenvalue weighted by atomic mass is 10.1. The number of amides is 1. The van der Waals surface area contributed by atoms with Gasteiger partial charge in [-0.1, -0.05) is 6.92 Å². The molecule has 0 radical (unpaired) electrons. The molecule has 1 amide bonds. The van der Waals surface area contributed by atoms with Crippen LogP contribution in [0.15, 0.2) is 0 Å². The average molecular weight is 216 g/mol. The monoisotopic (exact) mass is 216 g/mol. The highest BCUT2D eigenvalue weighted by molar-refractivity contribution is 5.82. The normalized spacial score (nSPS) is 27.7. The second kappa shape index (κ2) is 6.05. The van der Waals surface area contributed by atoms with Gasteiger partial charge >= 0.3 is 0 Å². The predicted molar refractivity (Wildman–Crippen MR) is 56.3 cm³/mol. The van der Waals surface area contributed by atoms with Crippen LogP contribution in [0.25, 0.3) is 0 Å². The van der Waals surface area contributed by atoms with Gasteiger partial charge in [0.2, 0.25) is 5.91 Å². The summed E-state index contributed by atoms with van der Waals surface area (Å²) in [7, 11) is 0. The van der Waals surface area contributed by atoms with Crippen molar-refractivity contribution in [1.82, 2.24) is 10.6 Å². The van der Waals surface area contributed by atoms with Crippen molar-refractivity contribution in [2.24, 2.45) is 0 Å². The maximum atomic E-state index is 11.7. The first-order valence-corrected chi connectivity index (χ1v) is 5.50. The van der Waals surface area contributed by atoms with E-state index >= 15 is 0 Å². The van der Waals surface area contributed by atoms with E-state index in [1.165, 1.54) is 0 Å². The van der Waals surface area contributed by atoms with Crippen molar-refractivity contribution >= 4 is 5.91 Å². The molecule has 88 valence electrons. The minimum Gasteiger partial charge on any atom is -0.396 e. The molecule has 1 aliphatic rings. The lowest BCUT2D eigenvalue weighted by Crippen LogP contribution is -2.45. The lowest BCUT2D eigenvalue weighted by molar-refractivity contribution is -0.123. The molecule has 0 aromatic heterocycles. The molecule has 0 aromatic rings. The second-order valence-corrected chi connectivity index (χ2v) is 3.98. The van der Waals surface area contributed by atoms with Gasteiger partial charge in [0.1, 0.15) is 0 Å². The third kappa shape index (κ3) is 3.77. The molecular weight excluding hydrogens is 196 g/mol. The summed E-state index contributed by atoms with van der Waals surface area (Å²) in [6.07, 6.45) is 1.44. The van der Waals surface area contributed by atoms with Crippen LogP contribution in [-0.2, 0) is 4.79 Å². The van der Waals surface area contributed by atoms with Crippen molar-refractivity contribution in [3.63, 3.8) is 0 Å². The van der Waals surface area contributed by atoms with E-state index in [-0.39, 0.29) is 24.6 Å². The molecule has 0 aromatic carbocycles. The molecule has 3 atom stereocenters. The molecular formula is C10H20N2O3. The topological polar surface area (TPSA) is 81.6 Å². The van der Waals surface area contributed by atoms with Crippen LogP contribution in [0, 0.1) is 0 Å². The van der Waals surface area contributed by atoms with Crippen LogP contribution in [0.4, 0.5) is 0 Å². The van der Waals surface area contributed by atoms with Gasteiger partial charge in [-0.25, -0.2) is 0 Å². The van der Waals surface area contributed by atoms with E-state index in [1.807, 2.05) is 6.92 Å². The van der Waals surface area contributed by atoms with Crippen LogP contribution in [0.2, 0.25) is 0 Å². The highest BCUT2D eigenvalue weighted by Gasteiger charge is 2.28. The average Bonchev–Trinajstić information content (AvgIpc) is 2.64. The number of carbonyl (C=O) groups is 1. The Kier molecular flexibility index (Phi) is 5.01. The zero-order valence-corrected chi connectivity index (χ0v) is 9.07. The Labute approximate surface area is 89.9 Å². The third-order valence-electron chi connectivity index (χ3n) is 2.74. The minimum atomic E-state index is -0.418. The maximum absolute atomic E-state index is 11.7. The molecule has 1 fully saturated rings. The summed E-state index contributed by atoms with van der Waals surface area (Å²) in [6.45, 7) is 2.53. The Morgan fingerprint density at radius 3 is 2.87 bits per heavy atom. The fraction of sp³-hybridized carbons (Fsp3) is 0.900. The molecule has 0 aliphatic carbocycles. The first-order valence-electron chi connectivity index (χ1n) is 5.50. The van der Waals surface area contributed by atoms with E-state index in [0.717, 1.165) is 6.42 Å². The van der Waals surface area contributed by atoms with Crippen LogP contribution in [0.1, 0.15) is 26.2 Å². The molecule has 0 spiro atoms. The summed E-state index contributed by atoms with van der Waals surface area (Å²) in [6, 6.07) is -0.255. The Hall–Kier alpha value is -0.650. The molecule has 3 unspecified atom stereocenters. The van der Waals surface area contributed by atoms with Gasteiger partial charge in [0.15, 0.2) is 0 Å². The number of aliphatic hydroxyl groups is 2. The van der Waals surface area contributed by atoms with E-state index in [9.17, 15) is 9.90 Å². The van der Waals surface area contributed by atoms with Gasteiger partial charge in [0.25, 0.3) is 0 Å². The maximum Gasteiger partial charge on any atom is 0.237 e. The van der Waals surface area contributed by atoms with E-state index in [0.29, 0.717) is 19.4 Å². The molecule has 1 saturated heterocycles. The fourth-order valence-electron chi connectivity index (χ4n) is 1.75. The molecule has 1 rings (SSSR count). The van der Waals surface area contributed by atoms with Crippen LogP contribution in [0.3, 0.4) is 0 Å². The Morgan fingerprint density at radius 2 is 2.40 bits per heavy atom. The van der Waals surface area contributed by atoms with Crippen molar-refractivity contribution in [2.45, 2.75) is 44.4 Å². The van der Waals surface area contributed by atoms with Crippen molar-refractivity contribution in [1.29, 1.82) is 0 Å². The summed E-state index contributed by atoms with van der Waals surface area (Å²) in [5, 5.41) is 23.9. The van der Waals surface area contributed by atoms with Crippen molar-refractivity contribution < 1.29 is 15.0 Å². The number of nitrogens with one attached hydrogen (secondary N) is 2. The van der Waals surface area contributed by atoms with Gasteiger partial charge in [-0.15, -0.1) is 0 Å². The fourth-order valence-corrected chi connectivity index (χ4v) is 1.75. The predicted octanol–water partition coefficient (Wildman–Crippen LogP) is -1.01. The largest absolute Gasteiger partial charge is 0.396 e. The van der Waals surface area contributed by atoms with Crippen LogP contribution >= 0.6 is 0 Å². The number of β-amino-alcohol motifs (C(OH)–C–C–N with tert-alkyl or cyclic N) is 1.